The van der Waals surface area contributed by atoms with Crippen molar-refractivity contribution in [2.24, 2.45) is 11.1 Å². The molecule has 16 heteroatoms. The molecule has 6 amide bonds. The van der Waals surface area contributed by atoms with Crippen LogP contribution >= 0.6 is 0 Å². The zero-order chi connectivity index (χ0) is 43.8. The van der Waals surface area contributed by atoms with Gasteiger partial charge >= 0.3 is 6.03 Å². The van der Waals surface area contributed by atoms with Gasteiger partial charge in [-0.05, 0) is 80.9 Å². The van der Waals surface area contributed by atoms with Crippen LogP contribution in [0, 0.1) is 5.41 Å². The third-order valence-electron chi connectivity index (χ3n) is 12.9. The van der Waals surface area contributed by atoms with Crippen LogP contribution < -0.4 is 21.3 Å². The molecule has 0 aliphatic carbocycles. The second-order valence-corrected chi connectivity index (χ2v) is 18.7. The number of β-amino-alcohol motifs (C(OH)–C–C–N with tert-alkyl or cyclic N) is 1. The number of rotatable bonds is 16. The van der Waals surface area contributed by atoms with Gasteiger partial charge in [-0.2, -0.15) is 0 Å². The number of aliphatic hydroxyl groups excluding tert-OH is 1. The molecule has 4 aliphatic rings. The number of unbranched alkanes of at least 4 members (excludes halogenated alkanes) is 4. The number of anilines is 3. The highest BCUT2D eigenvalue weighted by atomic mass is 16.3. The number of nitrogens with two attached hydrogens (primary N) is 1. The highest BCUT2D eigenvalue weighted by Crippen LogP contribution is 2.31. The number of hydrogen-bond donors (Lipinski definition) is 4. The minimum atomic E-state index is -0.671. The van der Waals surface area contributed by atoms with E-state index in [1.165, 1.54) is 5.56 Å². The summed E-state index contributed by atoms with van der Waals surface area (Å²) in [5.74, 6) is 0.520. The van der Waals surface area contributed by atoms with Crippen molar-refractivity contribution in [2.45, 2.75) is 135 Å². The van der Waals surface area contributed by atoms with Gasteiger partial charge in [-0.3, -0.25) is 19.2 Å². The van der Waals surface area contributed by atoms with Gasteiger partial charge in [-0.1, -0.05) is 52.2 Å². The Kier molecular flexibility index (Phi) is 15.1. The van der Waals surface area contributed by atoms with Crippen LogP contribution in [-0.4, -0.2) is 141 Å². The predicted molar refractivity (Wildman–Crippen MR) is 234 cm³/mol. The van der Waals surface area contributed by atoms with Crippen molar-refractivity contribution < 1.29 is 29.1 Å². The molecule has 4 atom stereocenters. The molecule has 4 fully saturated rings. The Morgan fingerprint density at radius 3 is 2.23 bits per heavy atom. The fourth-order valence-corrected chi connectivity index (χ4v) is 9.27. The highest BCUT2D eigenvalue weighted by molar-refractivity contribution is 5.96. The first-order valence-electron chi connectivity index (χ1n) is 22.4. The topological polar surface area (TPSA) is 198 Å². The minimum Gasteiger partial charge on any atom is -0.391 e. The largest absolute Gasteiger partial charge is 0.391 e. The van der Waals surface area contributed by atoms with Crippen LogP contribution in [0.4, 0.5) is 22.1 Å². The van der Waals surface area contributed by atoms with Crippen LogP contribution in [0.25, 0.3) is 0 Å². The molecular formula is C45H68N10O6. The van der Waals surface area contributed by atoms with E-state index in [4.69, 9.17) is 10.7 Å². The summed E-state index contributed by atoms with van der Waals surface area (Å²) in [7, 11) is 1.83. The van der Waals surface area contributed by atoms with Gasteiger partial charge in [0.15, 0.2) is 11.5 Å². The van der Waals surface area contributed by atoms with E-state index in [0.29, 0.717) is 56.5 Å². The number of nitrogens with zero attached hydrogens (tertiary/aromatic N) is 7. The Bertz CT molecular complexity index is 1860. The lowest BCUT2D eigenvalue weighted by atomic mass is 9.85. The number of primary amides is 1. The normalized spacial score (nSPS) is 21.8. The van der Waals surface area contributed by atoms with Gasteiger partial charge in [0.25, 0.3) is 5.91 Å². The fourth-order valence-electron chi connectivity index (χ4n) is 9.27. The van der Waals surface area contributed by atoms with Gasteiger partial charge in [0.2, 0.25) is 17.7 Å². The molecule has 61 heavy (non-hydrogen) atoms. The zero-order valence-electron chi connectivity index (χ0n) is 36.9. The van der Waals surface area contributed by atoms with E-state index in [2.05, 4.69) is 32.7 Å². The molecule has 0 unspecified atom stereocenters. The maximum atomic E-state index is 13.3. The van der Waals surface area contributed by atoms with Gasteiger partial charge in [0.1, 0.15) is 11.9 Å². The van der Waals surface area contributed by atoms with Crippen LogP contribution in [-0.2, 0) is 14.4 Å². The summed E-state index contributed by atoms with van der Waals surface area (Å²) in [5, 5.41) is 16.3. The molecule has 1 aromatic heterocycles. The van der Waals surface area contributed by atoms with Crippen LogP contribution in [0.3, 0.4) is 0 Å². The van der Waals surface area contributed by atoms with Gasteiger partial charge in [0, 0.05) is 77.4 Å². The Balaban J connectivity index is 0.894. The van der Waals surface area contributed by atoms with Crippen molar-refractivity contribution in [1.29, 1.82) is 0 Å². The molecule has 5 heterocycles. The Labute approximate surface area is 361 Å². The lowest BCUT2D eigenvalue weighted by molar-refractivity contribution is -0.140. The number of benzene rings is 1. The quantitative estimate of drug-likeness (QED) is 0.173. The maximum Gasteiger partial charge on any atom is 0.320 e. The van der Waals surface area contributed by atoms with Crippen molar-refractivity contribution in [1.82, 2.24) is 34.9 Å². The third-order valence-corrected chi connectivity index (χ3v) is 12.9. The standard InChI is InChI=1S/C45H68N10O6/c1-30-26-35(56)29-55(30)43(60)40(45(2,3)4)50-37(57)13-9-7-6-8-10-14-38(58)52-22-19-32(20-23-52)31-15-17-33(18-16-31)48-42-39(41(46)59)47-27-36(49-42)53-21-11-12-34(28-53)54-25-24-51(5)44(54)61/h15-18,27,30,32,34-35,40,56H,6-14,19-26,28-29H2,1-5H3,(H2,46,59)(H,48,49)(H,50,57)/t30-,34-,35-,40-/m1/s1. The smallest absolute Gasteiger partial charge is 0.320 e. The number of carbonyl (C=O) groups excluding carboxylic acids is 5. The van der Waals surface area contributed by atoms with Crippen molar-refractivity contribution in [3.8, 4) is 0 Å². The second kappa shape index (κ2) is 20.3. The zero-order valence-corrected chi connectivity index (χ0v) is 36.9. The highest BCUT2D eigenvalue weighted by Gasteiger charge is 2.40. The number of likely N-dealkylation sites (N-methyl/N-ethyl adjacent to an activating group) is 1. The molecule has 1 aromatic carbocycles. The van der Waals surface area contributed by atoms with Gasteiger partial charge < -0.3 is 46.0 Å². The SMILES string of the molecule is C[C@@H]1C[C@@H](O)CN1C(=O)[C@@H](NC(=O)CCCCCCCC(=O)N1CCC(c2ccc(Nc3nc(N4CCC[C@@H](N5CCN(C)C5=O)C4)cnc3C(N)=O)cc2)CC1)C(C)(C)C. The van der Waals surface area contributed by atoms with Crippen molar-refractivity contribution in [3.05, 3.63) is 41.7 Å². The summed E-state index contributed by atoms with van der Waals surface area (Å²) in [6.45, 7) is 12.4. The first-order valence-corrected chi connectivity index (χ1v) is 22.4. The predicted octanol–water partition coefficient (Wildman–Crippen LogP) is 4.60. The number of piperidine rings is 2. The Morgan fingerprint density at radius 2 is 1.61 bits per heavy atom. The molecule has 4 aliphatic heterocycles. The Hall–Kier alpha value is -4.99. The molecule has 334 valence electrons. The molecule has 6 rings (SSSR count). The van der Waals surface area contributed by atoms with Crippen LogP contribution in [0.15, 0.2) is 30.5 Å². The lowest BCUT2D eigenvalue weighted by Crippen LogP contribution is -2.55. The molecule has 4 saturated heterocycles. The molecule has 0 saturated carbocycles. The molecule has 0 spiro atoms. The second-order valence-electron chi connectivity index (χ2n) is 18.7. The monoisotopic (exact) mass is 845 g/mol. The number of urea groups is 1. The average Bonchev–Trinajstić information content (AvgIpc) is 3.76. The molecule has 0 bridgehead atoms. The number of aliphatic hydroxyl groups is 1. The van der Waals surface area contributed by atoms with Crippen LogP contribution in [0.1, 0.15) is 127 Å². The number of likely N-dealkylation sites (tertiary alicyclic amines) is 2. The average molecular weight is 845 g/mol. The first-order chi connectivity index (χ1) is 29.1. The van der Waals surface area contributed by atoms with Crippen LogP contribution in [0.5, 0.6) is 0 Å². The fraction of sp³-hybridized carbons (Fsp3) is 0.667. The van der Waals surface area contributed by atoms with E-state index in [9.17, 15) is 29.1 Å². The van der Waals surface area contributed by atoms with Crippen molar-refractivity contribution in [2.75, 3.05) is 63.1 Å². The van der Waals surface area contributed by atoms with Gasteiger partial charge in [-0.25, -0.2) is 14.8 Å². The number of amides is 6. The summed E-state index contributed by atoms with van der Waals surface area (Å²) in [4.78, 5) is 82.9. The van der Waals surface area contributed by atoms with E-state index in [-0.39, 0.29) is 41.5 Å². The summed E-state index contributed by atoms with van der Waals surface area (Å²) in [5.41, 5.74) is 7.26. The number of carbonyl (C=O) groups is 5. The Morgan fingerprint density at radius 1 is 0.918 bits per heavy atom. The number of aromatic nitrogens is 2. The van der Waals surface area contributed by atoms with E-state index in [1.807, 2.05) is 56.7 Å². The van der Waals surface area contributed by atoms with E-state index in [1.54, 1.807) is 16.0 Å². The summed E-state index contributed by atoms with van der Waals surface area (Å²) in [6, 6.07) is 7.55. The van der Waals surface area contributed by atoms with Crippen LogP contribution in [0.2, 0.25) is 0 Å². The molecule has 16 nitrogen and oxygen atoms in total. The molecule has 2 aromatic rings. The van der Waals surface area contributed by atoms with E-state index < -0.39 is 23.5 Å². The van der Waals surface area contributed by atoms with Gasteiger partial charge in [-0.15, -0.1) is 0 Å². The summed E-state index contributed by atoms with van der Waals surface area (Å²) < 4.78 is 0. The molecular weight excluding hydrogens is 777 g/mol. The third kappa shape index (κ3) is 11.7. The van der Waals surface area contributed by atoms with E-state index >= 15 is 0 Å². The summed E-state index contributed by atoms with van der Waals surface area (Å²) >= 11 is 0. The van der Waals surface area contributed by atoms with Crippen molar-refractivity contribution in [3.63, 3.8) is 0 Å². The number of nitrogens with one attached hydrogen (secondary N) is 2. The number of hydrogen-bond acceptors (Lipinski definition) is 10. The maximum absolute atomic E-state index is 13.3. The molecule has 5 N–H and O–H groups in total. The summed E-state index contributed by atoms with van der Waals surface area (Å²) in [6.07, 6.45) is 10.4. The first kappa shape index (κ1) is 45.5. The minimum absolute atomic E-state index is 0.0521. The lowest BCUT2D eigenvalue weighted by Gasteiger charge is -2.37. The van der Waals surface area contributed by atoms with Crippen molar-refractivity contribution >= 4 is 47.0 Å². The molecule has 0 radical (unpaired) electrons. The van der Waals surface area contributed by atoms with E-state index in [0.717, 1.165) is 89.7 Å². The van der Waals surface area contributed by atoms with Gasteiger partial charge in [0.05, 0.1) is 18.3 Å².